The molecule has 1 N–H and O–H groups in total. The van der Waals surface area contributed by atoms with Gasteiger partial charge in [-0.2, -0.15) is 0 Å². The molecule has 0 bridgehead atoms. The number of hydrogen-bond donors (Lipinski definition) is 1. The lowest BCUT2D eigenvalue weighted by molar-refractivity contribution is 0.234. The van der Waals surface area contributed by atoms with Crippen molar-refractivity contribution in [1.29, 1.82) is 0 Å². The highest BCUT2D eigenvalue weighted by molar-refractivity contribution is 5.61. The van der Waals surface area contributed by atoms with E-state index in [1.165, 1.54) is 6.07 Å². The van der Waals surface area contributed by atoms with Crippen LogP contribution in [0.15, 0.2) is 12.1 Å². The number of halogens is 2. The van der Waals surface area contributed by atoms with Crippen LogP contribution >= 0.6 is 0 Å². The van der Waals surface area contributed by atoms with Gasteiger partial charge in [0.15, 0.2) is 5.82 Å². The summed E-state index contributed by atoms with van der Waals surface area (Å²) >= 11 is 0. The minimum atomic E-state index is -0.636. The Morgan fingerprint density at radius 2 is 2.24 bits per heavy atom. The van der Waals surface area contributed by atoms with E-state index in [-0.39, 0.29) is 18.4 Å². The quantitative estimate of drug-likeness (QED) is 0.880. The Kier molecular flexibility index (Phi) is 3.47. The van der Waals surface area contributed by atoms with Gasteiger partial charge in [0, 0.05) is 25.8 Å². The van der Waals surface area contributed by atoms with Crippen molar-refractivity contribution < 1.29 is 18.6 Å². The molecule has 1 unspecified atom stereocenters. The molecule has 3 nitrogen and oxygen atoms in total. The highest BCUT2D eigenvalue weighted by Gasteiger charge is 2.27. The molecule has 17 heavy (non-hydrogen) atoms. The normalized spacial score (nSPS) is 18.8. The predicted molar refractivity (Wildman–Crippen MR) is 60.4 cm³/mol. The molecule has 0 aliphatic carbocycles. The Morgan fingerprint density at radius 3 is 2.94 bits per heavy atom. The second-order valence-electron chi connectivity index (χ2n) is 4.18. The maximum Gasteiger partial charge on any atom is 0.153 e. The summed E-state index contributed by atoms with van der Waals surface area (Å²) in [6.07, 6.45) is 1.35. The van der Waals surface area contributed by atoms with Crippen molar-refractivity contribution >= 4 is 5.69 Å². The van der Waals surface area contributed by atoms with E-state index in [2.05, 4.69) is 0 Å². The third-order valence-corrected chi connectivity index (χ3v) is 3.02. The molecule has 1 aromatic carbocycles. The zero-order chi connectivity index (χ0) is 12.4. The number of aliphatic hydroxyl groups is 1. The van der Waals surface area contributed by atoms with Gasteiger partial charge >= 0.3 is 0 Å². The van der Waals surface area contributed by atoms with Gasteiger partial charge in [-0.15, -0.1) is 0 Å². The van der Waals surface area contributed by atoms with E-state index in [0.717, 1.165) is 6.07 Å². The second-order valence-corrected chi connectivity index (χ2v) is 4.18. The van der Waals surface area contributed by atoms with E-state index < -0.39 is 11.6 Å². The Balaban J connectivity index is 2.25. The third kappa shape index (κ3) is 2.34. The molecule has 1 aliphatic heterocycles. The van der Waals surface area contributed by atoms with Gasteiger partial charge in [0.25, 0.3) is 0 Å². The van der Waals surface area contributed by atoms with Gasteiger partial charge < -0.3 is 14.7 Å². The van der Waals surface area contributed by atoms with Crippen molar-refractivity contribution in [3.8, 4) is 5.75 Å². The van der Waals surface area contributed by atoms with Gasteiger partial charge in [-0.25, -0.2) is 8.78 Å². The van der Waals surface area contributed by atoms with Crippen LogP contribution in [0.25, 0.3) is 0 Å². The average molecular weight is 243 g/mol. The second kappa shape index (κ2) is 4.87. The molecule has 0 spiro atoms. The summed E-state index contributed by atoms with van der Waals surface area (Å²) in [6.45, 7) is 0.482. The Morgan fingerprint density at radius 1 is 1.47 bits per heavy atom. The van der Waals surface area contributed by atoms with Crippen molar-refractivity contribution in [3.63, 3.8) is 0 Å². The van der Waals surface area contributed by atoms with Crippen LogP contribution in [0.2, 0.25) is 0 Å². The van der Waals surface area contributed by atoms with Crippen LogP contribution in [0.1, 0.15) is 12.8 Å². The van der Waals surface area contributed by atoms with Crippen LogP contribution in [-0.4, -0.2) is 31.4 Å². The van der Waals surface area contributed by atoms with Gasteiger partial charge in [-0.05, 0) is 12.8 Å². The summed E-state index contributed by atoms with van der Waals surface area (Å²) in [5.74, 6) is -1.01. The van der Waals surface area contributed by atoms with Gasteiger partial charge in [-0.1, -0.05) is 0 Å². The van der Waals surface area contributed by atoms with E-state index in [1.807, 2.05) is 0 Å². The third-order valence-electron chi connectivity index (χ3n) is 3.02. The summed E-state index contributed by atoms with van der Waals surface area (Å²) < 4.78 is 32.0. The molecule has 0 aromatic heterocycles. The molecule has 94 valence electrons. The molecular weight excluding hydrogens is 228 g/mol. The minimum Gasteiger partial charge on any atom is -0.489 e. The molecule has 2 rings (SSSR count). The van der Waals surface area contributed by atoms with Crippen LogP contribution in [0.5, 0.6) is 5.75 Å². The number of anilines is 1. The minimum absolute atomic E-state index is 0.00890. The molecule has 0 amide bonds. The number of fused-ring (bicyclic) bond motifs is 1. The molecule has 0 fully saturated rings. The van der Waals surface area contributed by atoms with Crippen molar-refractivity contribution in [2.24, 2.45) is 0 Å². The Bertz CT molecular complexity index is 412. The van der Waals surface area contributed by atoms with Crippen LogP contribution in [0.3, 0.4) is 0 Å². The van der Waals surface area contributed by atoms with E-state index in [9.17, 15) is 8.78 Å². The van der Waals surface area contributed by atoms with E-state index in [1.54, 1.807) is 11.9 Å². The first kappa shape index (κ1) is 12.1. The Hall–Kier alpha value is -1.36. The lowest BCUT2D eigenvalue weighted by Gasteiger charge is -2.36. The van der Waals surface area contributed by atoms with Crippen molar-refractivity contribution in [3.05, 3.63) is 23.8 Å². The number of ether oxygens (including phenoxy) is 1. The largest absolute Gasteiger partial charge is 0.489 e. The van der Waals surface area contributed by atoms with E-state index >= 15 is 0 Å². The van der Waals surface area contributed by atoms with Crippen LogP contribution in [0, 0.1) is 11.6 Å². The van der Waals surface area contributed by atoms with E-state index in [4.69, 9.17) is 9.84 Å². The van der Waals surface area contributed by atoms with Gasteiger partial charge in [0.2, 0.25) is 0 Å². The van der Waals surface area contributed by atoms with Gasteiger partial charge in [0.05, 0.1) is 6.04 Å². The first-order valence-corrected chi connectivity index (χ1v) is 5.59. The highest BCUT2D eigenvalue weighted by Crippen LogP contribution is 2.36. The SMILES string of the molecule is CN1c2c(F)cc(F)cc2OCC1CCCO. The fourth-order valence-electron chi connectivity index (χ4n) is 2.08. The first-order chi connectivity index (χ1) is 8.13. The summed E-state index contributed by atoms with van der Waals surface area (Å²) in [5, 5.41) is 8.79. The predicted octanol–water partition coefficient (Wildman–Crippen LogP) is 1.93. The number of rotatable bonds is 3. The monoisotopic (exact) mass is 243 g/mol. The molecule has 0 radical (unpaired) electrons. The zero-order valence-electron chi connectivity index (χ0n) is 9.62. The lowest BCUT2D eigenvalue weighted by Crippen LogP contribution is -2.41. The molecule has 1 aliphatic rings. The lowest BCUT2D eigenvalue weighted by atomic mass is 10.1. The molecule has 1 aromatic rings. The molecule has 0 saturated heterocycles. The van der Waals surface area contributed by atoms with Crippen LogP contribution in [-0.2, 0) is 0 Å². The summed E-state index contributed by atoms with van der Waals surface area (Å²) in [4.78, 5) is 1.75. The molecular formula is C12H15F2NO2. The maximum atomic E-state index is 13.7. The number of nitrogens with zero attached hydrogens (tertiary/aromatic N) is 1. The smallest absolute Gasteiger partial charge is 0.153 e. The Labute approximate surface area is 98.6 Å². The number of benzene rings is 1. The standard InChI is InChI=1S/C12H15F2NO2/c1-15-9(3-2-4-16)7-17-11-6-8(13)5-10(14)12(11)15/h5-6,9,16H,2-4,7H2,1H3. The number of likely N-dealkylation sites (N-methyl/N-ethyl adjacent to an activating group) is 1. The van der Waals surface area contributed by atoms with Crippen molar-refractivity contribution in [2.45, 2.75) is 18.9 Å². The van der Waals surface area contributed by atoms with Gasteiger partial charge in [0.1, 0.15) is 23.9 Å². The van der Waals surface area contributed by atoms with Crippen LogP contribution < -0.4 is 9.64 Å². The van der Waals surface area contributed by atoms with Crippen LogP contribution in [0.4, 0.5) is 14.5 Å². The van der Waals surface area contributed by atoms with E-state index in [0.29, 0.717) is 25.1 Å². The molecule has 1 atom stereocenters. The number of hydrogen-bond acceptors (Lipinski definition) is 3. The molecule has 1 heterocycles. The summed E-state index contributed by atoms with van der Waals surface area (Å²) in [7, 11) is 1.75. The maximum absolute atomic E-state index is 13.7. The molecule has 0 saturated carbocycles. The van der Waals surface area contributed by atoms with Crippen molar-refractivity contribution in [1.82, 2.24) is 0 Å². The fraction of sp³-hybridized carbons (Fsp3) is 0.500. The number of aliphatic hydroxyl groups excluding tert-OH is 1. The average Bonchev–Trinajstić information content (AvgIpc) is 2.27. The first-order valence-electron chi connectivity index (χ1n) is 5.59. The van der Waals surface area contributed by atoms with Gasteiger partial charge in [-0.3, -0.25) is 0 Å². The fourth-order valence-corrected chi connectivity index (χ4v) is 2.08. The zero-order valence-corrected chi connectivity index (χ0v) is 9.62. The summed E-state index contributed by atoms with van der Waals surface area (Å²) in [5.41, 5.74) is 0.292. The van der Waals surface area contributed by atoms with Crippen molar-refractivity contribution in [2.75, 3.05) is 25.2 Å². The molecule has 5 heteroatoms. The topological polar surface area (TPSA) is 32.7 Å². The highest BCUT2D eigenvalue weighted by atomic mass is 19.1. The summed E-state index contributed by atoms with van der Waals surface area (Å²) in [6, 6.07) is 2.05.